The van der Waals surface area contributed by atoms with Crippen LogP contribution in [0.5, 0.6) is 0 Å². The molecule has 23 heavy (non-hydrogen) atoms. The average molecular weight is 345 g/mol. The van der Waals surface area contributed by atoms with E-state index in [1.165, 1.54) is 0 Å². The highest BCUT2D eigenvalue weighted by atomic mass is 35.5. The standard InChI is InChI=1S/C17H25FN2O2.ClH/c1-11-7-14(8-12(2)17(11)18)13(3)20-16(21)10-19-9-15-5-4-6-22-15;/h7-8,13,15,19H,4-6,9-10H2,1-3H3,(H,20,21);1H. The van der Waals surface area contributed by atoms with Crippen molar-refractivity contribution in [2.45, 2.75) is 45.8 Å². The number of hydrogen-bond donors (Lipinski definition) is 2. The Balaban J connectivity index is 0.00000264. The molecule has 6 heteroatoms. The fourth-order valence-electron chi connectivity index (χ4n) is 2.76. The van der Waals surface area contributed by atoms with Gasteiger partial charge in [0.2, 0.25) is 5.91 Å². The number of ether oxygens (including phenoxy) is 1. The van der Waals surface area contributed by atoms with Crippen LogP contribution in [-0.2, 0) is 9.53 Å². The smallest absolute Gasteiger partial charge is 0.234 e. The highest BCUT2D eigenvalue weighted by molar-refractivity contribution is 5.85. The van der Waals surface area contributed by atoms with Crippen LogP contribution in [0.25, 0.3) is 0 Å². The number of aryl methyl sites for hydroxylation is 2. The van der Waals surface area contributed by atoms with E-state index in [2.05, 4.69) is 10.6 Å². The van der Waals surface area contributed by atoms with Crippen LogP contribution in [0.4, 0.5) is 4.39 Å². The zero-order valence-corrected chi connectivity index (χ0v) is 14.8. The average Bonchev–Trinajstić information content (AvgIpc) is 2.97. The topological polar surface area (TPSA) is 50.4 Å². The first kappa shape index (κ1) is 19.9. The molecule has 1 heterocycles. The Kier molecular flexibility index (Phi) is 7.95. The van der Waals surface area contributed by atoms with Gasteiger partial charge in [0.25, 0.3) is 0 Å². The van der Waals surface area contributed by atoms with Crippen molar-refractivity contribution in [2.75, 3.05) is 19.7 Å². The first-order valence-corrected chi connectivity index (χ1v) is 7.85. The van der Waals surface area contributed by atoms with E-state index in [1.807, 2.05) is 6.92 Å². The lowest BCUT2D eigenvalue weighted by Crippen LogP contribution is -2.38. The Morgan fingerprint density at radius 3 is 2.61 bits per heavy atom. The van der Waals surface area contributed by atoms with Gasteiger partial charge in [-0.1, -0.05) is 12.1 Å². The molecule has 0 aliphatic carbocycles. The van der Waals surface area contributed by atoms with Crippen molar-refractivity contribution in [3.05, 3.63) is 34.6 Å². The second kappa shape index (κ2) is 9.21. The second-order valence-electron chi connectivity index (χ2n) is 6.02. The molecule has 1 aliphatic heterocycles. The van der Waals surface area contributed by atoms with E-state index in [4.69, 9.17) is 4.74 Å². The van der Waals surface area contributed by atoms with Gasteiger partial charge in [-0.15, -0.1) is 12.4 Å². The molecule has 2 unspecified atom stereocenters. The normalized spacial score (nSPS) is 18.3. The Bertz CT molecular complexity index is 510. The SMILES string of the molecule is Cc1cc(C(C)NC(=O)CNCC2CCCO2)cc(C)c1F.Cl. The number of amides is 1. The predicted molar refractivity (Wildman–Crippen MR) is 91.5 cm³/mol. The first-order chi connectivity index (χ1) is 10.5. The molecule has 2 N–H and O–H groups in total. The molecule has 4 nitrogen and oxygen atoms in total. The summed E-state index contributed by atoms with van der Waals surface area (Å²) in [7, 11) is 0. The van der Waals surface area contributed by atoms with Crippen molar-refractivity contribution >= 4 is 18.3 Å². The summed E-state index contributed by atoms with van der Waals surface area (Å²) in [6, 6.07) is 3.43. The molecule has 1 aliphatic rings. The van der Waals surface area contributed by atoms with E-state index in [0.717, 1.165) is 25.0 Å². The fraction of sp³-hybridized carbons (Fsp3) is 0.588. The molecule has 2 atom stereocenters. The number of rotatable bonds is 6. The van der Waals surface area contributed by atoms with Crippen LogP contribution < -0.4 is 10.6 Å². The number of hydrogen-bond acceptors (Lipinski definition) is 3. The second-order valence-corrected chi connectivity index (χ2v) is 6.02. The van der Waals surface area contributed by atoms with E-state index in [9.17, 15) is 9.18 Å². The number of carbonyl (C=O) groups is 1. The molecule has 1 saturated heterocycles. The van der Waals surface area contributed by atoms with Crippen LogP contribution in [0, 0.1) is 19.7 Å². The molecular weight excluding hydrogens is 319 g/mol. The van der Waals surface area contributed by atoms with E-state index < -0.39 is 0 Å². The molecule has 2 rings (SSSR count). The predicted octanol–water partition coefficient (Wildman–Crippen LogP) is 2.81. The van der Waals surface area contributed by atoms with Gasteiger partial charge in [0, 0.05) is 13.2 Å². The first-order valence-electron chi connectivity index (χ1n) is 7.85. The van der Waals surface area contributed by atoms with E-state index in [-0.39, 0.29) is 42.8 Å². The van der Waals surface area contributed by atoms with Crippen LogP contribution >= 0.6 is 12.4 Å². The minimum absolute atomic E-state index is 0. The summed E-state index contributed by atoms with van der Waals surface area (Å²) < 4.78 is 19.1. The zero-order chi connectivity index (χ0) is 16.1. The highest BCUT2D eigenvalue weighted by Crippen LogP contribution is 2.19. The number of nitrogens with one attached hydrogen (secondary N) is 2. The minimum Gasteiger partial charge on any atom is -0.377 e. The summed E-state index contributed by atoms with van der Waals surface area (Å²) in [6.07, 6.45) is 2.38. The van der Waals surface area contributed by atoms with Gasteiger partial charge < -0.3 is 15.4 Å². The van der Waals surface area contributed by atoms with Gasteiger partial charge in [-0.25, -0.2) is 4.39 Å². The van der Waals surface area contributed by atoms with Crippen molar-refractivity contribution in [2.24, 2.45) is 0 Å². The van der Waals surface area contributed by atoms with Crippen molar-refractivity contribution < 1.29 is 13.9 Å². The van der Waals surface area contributed by atoms with Gasteiger partial charge in [0.15, 0.2) is 0 Å². The van der Waals surface area contributed by atoms with Gasteiger partial charge in [-0.05, 0) is 50.3 Å². The van der Waals surface area contributed by atoms with Crippen LogP contribution in [-0.4, -0.2) is 31.7 Å². The molecule has 1 amide bonds. The maximum atomic E-state index is 13.6. The molecule has 1 aromatic rings. The third kappa shape index (κ3) is 5.75. The highest BCUT2D eigenvalue weighted by Gasteiger charge is 2.16. The molecule has 0 radical (unpaired) electrons. The van der Waals surface area contributed by atoms with Gasteiger partial charge in [-0.3, -0.25) is 4.79 Å². The summed E-state index contributed by atoms with van der Waals surface area (Å²) in [5.74, 6) is -0.245. The molecule has 130 valence electrons. The Morgan fingerprint density at radius 2 is 2.04 bits per heavy atom. The Labute approximate surface area is 143 Å². The largest absolute Gasteiger partial charge is 0.377 e. The van der Waals surface area contributed by atoms with Gasteiger partial charge in [0.05, 0.1) is 18.7 Å². The Hall–Kier alpha value is -1.17. The van der Waals surface area contributed by atoms with Gasteiger partial charge in [0.1, 0.15) is 5.82 Å². The van der Waals surface area contributed by atoms with Crippen LogP contribution in [0.1, 0.15) is 42.5 Å². The lowest BCUT2D eigenvalue weighted by molar-refractivity contribution is -0.120. The van der Waals surface area contributed by atoms with E-state index in [0.29, 0.717) is 17.7 Å². The van der Waals surface area contributed by atoms with Crippen molar-refractivity contribution in [3.63, 3.8) is 0 Å². The third-order valence-corrected chi connectivity index (χ3v) is 4.02. The van der Waals surface area contributed by atoms with E-state index in [1.54, 1.807) is 26.0 Å². The summed E-state index contributed by atoms with van der Waals surface area (Å²) in [6.45, 7) is 7.18. The Morgan fingerprint density at radius 1 is 1.39 bits per heavy atom. The molecular formula is C17H26ClFN2O2. The van der Waals surface area contributed by atoms with Crippen LogP contribution in [0.2, 0.25) is 0 Å². The summed E-state index contributed by atoms with van der Waals surface area (Å²) in [5, 5.41) is 6.05. The molecule has 0 spiro atoms. The van der Waals surface area contributed by atoms with Gasteiger partial charge in [-0.2, -0.15) is 0 Å². The molecule has 1 fully saturated rings. The maximum Gasteiger partial charge on any atom is 0.234 e. The number of carbonyl (C=O) groups excluding carboxylic acids is 1. The molecule has 1 aromatic carbocycles. The van der Waals surface area contributed by atoms with Crippen LogP contribution in [0.15, 0.2) is 12.1 Å². The third-order valence-electron chi connectivity index (χ3n) is 4.02. The number of halogens is 2. The summed E-state index contributed by atoms with van der Waals surface area (Å²) >= 11 is 0. The van der Waals surface area contributed by atoms with Crippen molar-refractivity contribution in [3.8, 4) is 0 Å². The van der Waals surface area contributed by atoms with Crippen LogP contribution in [0.3, 0.4) is 0 Å². The van der Waals surface area contributed by atoms with Gasteiger partial charge >= 0.3 is 0 Å². The maximum absolute atomic E-state index is 13.6. The molecule has 0 aromatic heterocycles. The summed E-state index contributed by atoms with van der Waals surface area (Å²) in [4.78, 5) is 11.9. The molecule has 0 saturated carbocycles. The van der Waals surface area contributed by atoms with E-state index >= 15 is 0 Å². The van der Waals surface area contributed by atoms with Crippen molar-refractivity contribution in [1.29, 1.82) is 0 Å². The minimum atomic E-state index is -0.180. The fourth-order valence-corrected chi connectivity index (χ4v) is 2.76. The zero-order valence-electron chi connectivity index (χ0n) is 13.9. The lowest BCUT2D eigenvalue weighted by atomic mass is 10.0. The quantitative estimate of drug-likeness (QED) is 0.834. The monoisotopic (exact) mass is 344 g/mol. The number of benzene rings is 1. The van der Waals surface area contributed by atoms with Crippen molar-refractivity contribution in [1.82, 2.24) is 10.6 Å². The lowest BCUT2D eigenvalue weighted by Gasteiger charge is -2.17. The molecule has 0 bridgehead atoms. The summed E-state index contributed by atoms with van der Waals surface area (Å²) in [5.41, 5.74) is 2.13.